The van der Waals surface area contributed by atoms with Crippen molar-refractivity contribution >= 4 is 11.6 Å². The summed E-state index contributed by atoms with van der Waals surface area (Å²) in [7, 11) is 0. The molecule has 1 N–H and O–H groups in total. The zero-order valence-electron chi connectivity index (χ0n) is 12.0. The van der Waals surface area contributed by atoms with Crippen LogP contribution in [0, 0.1) is 0 Å². The normalized spacial score (nSPS) is 21.3. The minimum atomic E-state index is 0.188. The fourth-order valence-electron chi connectivity index (χ4n) is 3.00. The van der Waals surface area contributed by atoms with Crippen molar-refractivity contribution in [2.45, 2.75) is 45.1 Å². The Morgan fingerprint density at radius 2 is 2.11 bits per heavy atom. The second-order valence-electron chi connectivity index (χ2n) is 6.55. The second kappa shape index (κ2) is 4.26. The number of benzene rings is 1. The number of rotatable bonds is 1. The van der Waals surface area contributed by atoms with Gasteiger partial charge in [-0.05, 0) is 43.9 Å². The summed E-state index contributed by atoms with van der Waals surface area (Å²) in [5.74, 6) is 0.703. The van der Waals surface area contributed by atoms with Crippen LogP contribution in [0.4, 0.5) is 5.69 Å². The molecule has 1 saturated heterocycles. The fraction of sp³-hybridized carbons (Fsp3) is 0.562. The van der Waals surface area contributed by atoms with Gasteiger partial charge in [0, 0.05) is 37.2 Å². The summed E-state index contributed by atoms with van der Waals surface area (Å²) in [6, 6.07) is 6.78. The van der Waals surface area contributed by atoms with Gasteiger partial charge in [0.15, 0.2) is 0 Å². The molecular formula is C16H22N2O. The highest BCUT2D eigenvalue weighted by Crippen LogP contribution is 2.35. The van der Waals surface area contributed by atoms with Crippen LogP contribution in [-0.2, 0) is 11.2 Å². The third-order valence-corrected chi connectivity index (χ3v) is 4.42. The van der Waals surface area contributed by atoms with E-state index in [-0.39, 0.29) is 11.4 Å². The van der Waals surface area contributed by atoms with Crippen LogP contribution in [0.5, 0.6) is 0 Å². The molecule has 2 aliphatic rings. The summed E-state index contributed by atoms with van der Waals surface area (Å²) in [5, 5.41) is 3.63. The van der Waals surface area contributed by atoms with Crippen LogP contribution >= 0.6 is 0 Å². The molecule has 0 saturated carbocycles. The third kappa shape index (κ3) is 2.34. The summed E-state index contributed by atoms with van der Waals surface area (Å²) in [4.78, 5) is 13.1. The van der Waals surface area contributed by atoms with Crippen LogP contribution in [0.3, 0.4) is 0 Å². The number of amides is 1. The Labute approximate surface area is 115 Å². The van der Waals surface area contributed by atoms with E-state index < -0.39 is 0 Å². The number of hydrogen-bond acceptors (Lipinski definition) is 2. The van der Waals surface area contributed by atoms with E-state index in [1.165, 1.54) is 23.2 Å². The summed E-state index contributed by atoms with van der Waals surface area (Å²) in [5.41, 5.74) is 4.26. The molecule has 3 rings (SSSR count). The number of likely N-dealkylation sites (tertiary alicyclic amines) is 1. The lowest BCUT2D eigenvalue weighted by atomic mass is 9.85. The molecule has 3 nitrogen and oxygen atoms in total. The van der Waals surface area contributed by atoms with Gasteiger partial charge in [-0.3, -0.25) is 4.79 Å². The molecule has 1 aromatic carbocycles. The smallest absolute Gasteiger partial charge is 0.219 e. The van der Waals surface area contributed by atoms with Gasteiger partial charge in [-0.25, -0.2) is 0 Å². The Balaban J connectivity index is 1.77. The van der Waals surface area contributed by atoms with E-state index in [4.69, 9.17) is 0 Å². The van der Waals surface area contributed by atoms with E-state index in [1.807, 2.05) is 4.90 Å². The highest BCUT2D eigenvalue weighted by molar-refractivity contribution is 5.74. The first-order valence-corrected chi connectivity index (χ1v) is 7.11. The molecule has 1 amide bonds. The maximum Gasteiger partial charge on any atom is 0.219 e. The molecule has 0 aromatic heterocycles. The molecular weight excluding hydrogens is 236 g/mol. The zero-order valence-corrected chi connectivity index (χ0v) is 12.0. The lowest BCUT2D eigenvalue weighted by molar-refractivity contribution is -0.133. The monoisotopic (exact) mass is 258 g/mol. The largest absolute Gasteiger partial charge is 0.380 e. The molecule has 0 spiro atoms. The first-order valence-electron chi connectivity index (χ1n) is 7.11. The van der Waals surface area contributed by atoms with Gasteiger partial charge in [-0.2, -0.15) is 0 Å². The Hall–Kier alpha value is -1.51. The van der Waals surface area contributed by atoms with Gasteiger partial charge >= 0.3 is 0 Å². The molecule has 1 fully saturated rings. The van der Waals surface area contributed by atoms with E-state index in [2.05, 4.69) is 37.4 Å². The molecule has 0 bridgehead atoms. The van der Waals surface area contributed by atoms with Crippen molar-refractivity contribution in [3.63, 3.8) is 0 Å². The summed E-state index contributed by atoms with van der Waals surface area (Å²) in [6.45, 7) is 7.90. The SMILES string of the molecule is CC(=O)N1CC(c2ccc3c(c2)NC(C)(C)CC3)C1. The van der Waals surface area contributed by atoms with E-state index in [1.54, 1.807) is 6.92 Å². The second-order valence-corrected chi connectivity index (χ2v) is 6.55. The summed E-state index contributed by atoms with van der Waals surface area (Å²) >= 11 is 0. The molecule has 0 unspecified atom stereocenters. The number of aryl methyl sites for hydroxylation is 1. The number of carbonyl (C=O) groups excluding carboxylic acids is 1. The van der Waals surface area contributed by atoms with Crippen LogP contribution in [0.25, 0.3) is 0 Å². The zero-order chi connectivity index (χ0) is 13.6. The van der Waals surface area contributed by atoms with Crippen molar-refractivity contribution < 1.29 is 4.79 Å². The van der Waals surface area contributed by atoms with Crippen molar-refractivity contribution in [2.24, 2.45) is 0 Å². The first kappa shape index (κ1) is 12.5. The quantitative estimate of drug-likeness (QED) is 0.840. The van der Waals surface area contributed by atoms with Gasteiger partial charge in [0.05, 0.1) is 0 Å². The van der Waals surface area contributed by atoms with E-state index in [0.717, 1.165) is 19.5 Å². The third-order valence-electron chi connectivity index (χ3n) is 4.42. The molecule has 19 heavy (non-hydrogen) atoms. The van der Waals surface area contributed by atoms with Gasteiger partial charge < -0.3 is 10.2 Å². The number of nitrogens with zero attached hydrogens (tertiary/aromatic N) is 1. The summed E-state index contributed by atoms with van der Waals surface area (Å²) in [6.07, 6.45) is 2.33. The first-order chi connectivity index (χ1) is 8.94. The highest BCUT2D eigenvalue weighted by Gasteiger charge is 2.31. The maximum absolute atomic E-state index is 11.2. The van der Waals surface area contributed by atoms with Gasteiger partial charge in [0.2, 0.25) is 5.91 Å². The van der Waals surface area contributed by atoms with Gasteiger partial charge in [-0.1, -0.05) is 12.1 Å². The fourth-order valence-corrected chi connectivity index (χ4v) is 3.00. The van der Waals surface area contributed by atoms with Crippen molar-refractivity contribution in [1.29, 1.82) is 0 Å². The van der Waals surface area contributed by atoms with Crippen molar-refractivity contribution in [1.82, 2.24) is 4.90 Å². The lowest BCUT2D eigenvalue weighted by Gasteiger charge is -2.40. The van der Waals surface area contributed by atoms with Crippen LogP contribution in [0.2, 0.25) is 0 Å². The molecule has 3 heteroatoms. The van der Waals surface area contributed by atoms with Crippen LogP contribution in [0.15, 0.2) is 18.2 Å². The van der Waals surface area contributed by atoms with Crippen LogP contribution < -0.4 is 5.32 Å². The van der Waals surface area contributed by atoms with Gasteiger partial charge in [0.25, 0.3) is 0 Å². The van der Waals surface area contributed by atoms with E-state index >= 15 is 0 Å². The van der Waals surface area contributed by atoms with Crippen molar-refractivity contribution in [3.8, 4) is 0 Å². The molecule has 0 atom stereocenters. The molecule has 0 aliphatic carbocycles. The predicted octanol–water partition coefficient (Wildman–Crippen LogP) is 2.77. The Bertz CT molecular complexity index is 515. The Kier molecular flexibility index (Phi) is 2.80. The van der Waals surface area contributed by atoms with E-state index in [0.29, 0.717) is 5.92 Å². The van der Waals surface area contributed by atoms with Crippen LogP contribution in [-0.4, -0.2) is 29.4 Å². The molecule has 1 aromatic rings. The summed E-state index contributed by atoms with van der Waals surface area (Å²) < 4.78 is 0. The Morgan fingerprint density at radius 3 is 2.79 bits per heavy atom. The average molecular weight is 258 g/mol. The molecule has 2 aliphatic heterocycles. The average Bonchev–Trinajstić information content (AvgIpc) is 2.24. The predicted molar refractivity (Wildman–Crippen MR) is 77.5 cm³/mol. The highest BCUT2D eigenvalue weighted by atomic mass is 16.2. The minimum Gasteiger partial charge on any atom is -0.380 e. The van der Waals surface area contributed by atoms with Gasteiger partial charge in [-0.15, -0.1) is 0 Å². The Morgan fingerprint density at radius 1 is 1.37 bits per heavy atom. The minimum absolute atomic E-state index is 0.188. The number of carbonyl (C=O) groups is 1. The maximum atomic E-state index is 11.2. The van der Waals surface area contributed by atoms with E-state index in [9.17, 15) is 4.79 Å². The number of hydrogen-bond donors (Lipinski definition) is 1. The topological polar surface area (TPSA) is 32.3 Å². The molecule has 102 valence electrons. The molecule has 2 heterocycles. The number of anilines is 1. The van der Waals surface area contributed by atoms with Gasteiger partial charge in [0.1, 0.15) is 0 Å². The van der Waals surface area contributed by atoms with Crippen molar-refractivity contribution in [2.75, 3.05) is 18.4 Å². The lowest BCUT2D eigenvalue weighted by Crippen LogP contribution is -2.47. The standard InChI is InChI=1S/C16H22N2O/c1-11(19)18-9-14(10-18)13-5-4-12-6-7-16(2,3)17-15(12)8-13/h4-5,8,14,17H,6-7,9-10H2,1-3H3. The number of fused-ring (bicyclic) bond motifs is 1. The van der Waals surface area contributed by atoms with Crippen molar-refractivity contribution in [3.05, 3.63) is 29.3 Å². The van der Waals surface area contributed by atoms with Crippen LogP contribution in [0.1, 0.15) is 44.2 Å². The number of nitrogens with one attached hydrogen (secondary N) is 1. The molecule has 0 radical (unpaired) electrons.